The summed E-state index contributed by atoms with van der Waals surface area (Å²) in [6.07, 6.45) is 0. The fraction of sp³-hybridized carbons (Fsp3) is 0.250. The second kappa shape index (κ2) is 5.11. The molecule has 0 fully saturated rings. The van der Waals surface area contributed by atoms with Gasteiger partial charge in [-0.25, -0.2) is 5.90 Å². The zero-order chi connectivity index (χ0) is 8.81. The molecule has 66 valence electrons. The molecule has 4 heteroatoms. The summed E-state index contributed by atoms with van der Waals surface area (Å²) in [6, 6.07) is 7.60. The summed E-state index contributed by atoms with van der Waals surface area (Å²) in [5, 5.41) is 3.72. The zero-order valence-corrected chi connectivity index (χ0v) is 7.34. The van der Waals surface area contributed by atoms with Crippen molar-refractivity contribution in [3.05, 3.63) is 34.9 Å². The standard InChI is InChI=1S/C8H11ClN2O/c9-8-3-1-7(2-4-8)5-11-6-12-10/h1-4,11H,5-6,10H2. The van der Waals surface area contributed by atoms with Crippen LogP contribution in [0.3, 0.4) is 0 Å². The summed E-state index contributed by atoms with van der Waals surface area (Å²) in [5.41, 5.74) is 1.15. The van der Waals surface area contributed by atoms with E-state index in [1.54, 1.807) is 0 Å². The molecule has 0 bridgehead atoms. The maximum absolute atomic E-state index is 5.71. The van der Waals surface area contributed by atoms with Crippen molar-refractivity contribution < 1.29 is 4.84 Å². The molecule has 0 saturated heterocycles. The van der Waals surface area contributed by atoms with Crippen LogP contribution in [-0.4, -0.2) is 6.73 Å². The van der Waals surface area contributed by atoms with Crippen LogP contribution in [0.5, 0.6) is 0 Å². The second-order valence-corrected chi connectivity index (χ2v) is 2.80. The smallest absolute Gasteiger partial charge is 0.118 e. The Morgan fingerprint density at radius 3 is 2.58 bits per heavy atom. The van der Waals surface area contributed by atoms with E-state index < -0.39 is 0 Å². The van der Waals surface area contributed by atoms with Crippen LogP contribution in [0, 0.1) is 0 Å². The average molecular weight is 187 g/mol. The van der Waals surface area contributed by atoms with E-state index in [9.17, 15) is 0 Å². The predicted molar refractivity (Wildman–Crippen MR) is 48.4 cm³/mol. The van der Waals surface area contributed by atoms with Crippen molar-refractivity contribution in [2.75, 3.05) is 6.73 Å². The van der Waals surface area contributed by atoms with Gasteiger partial charge in [0.2, 0.25) is 0 Å². The molecule has 1 aromatic rings. The lowest BCUT2D eigenvalue weighted by molar-refractivity contribution is 0.118. The van der Waals surface area contributed by atoms with E-state index >= 15 is 0 Å². The molecule has 0 amide bonds. The molecule has 0 spiro atoms. The molecular formula is C8H11ClN2O. The average Bonchev–Trinajstić information content (AvgIpc) is 2.09. The highest BCUT2D eigenvalue weighted by Crippen LogP contribution is 2.08. The number of halogens is 1. The highest BCUT2D eigenvalue weighted by atomic mass is 35.5. The first-order valence-corrected chi connectivity index (χ1v) is 3.97. The zero-order valence-electron chi connectivity index (χ0n) is 6.59. The molecule has 0 unspecified atom stereocenters. The SMILES string of the molecule is NOCNCc1ccc(Cl)cc1. The maximum atomic E-state index is 5.71. The molecule has 3 nitrogen and oxygen atoms in total. The third-order valence-corrected chi connectivity index (χ3v) is 1.68. The Morgan fingerprint density at radius 2 is 2.00 bits per heavy atom. The summed E-state index contributed by atoms with van der Waals surface area (Å²) in [4.78, 5) is 4.35. The van der Waals surface area contributed by atoms with Gasteiger partial charge in [-0.3, -0.25) is 10.2 Å². The number of hydrogen-bond donors (Lipinski definition) is 2. The van der Waals surface area contributed by atoms with E-state index in [0.29, 0.717) is 6.73 Å². The Labute approximate surface area is 76.4 Å². The van der Waals surface area contributed by atoms with Gasteiger partial charge in [-0.2, -0.15) is 0 Å². The first kappa shape index (κ1) is 9.48. The monoisotopic (exact) mass is 186 g/mol. The van der Waals surface area contributed by atoms with Crippen LogP contribution in [0.1, 0.15) is 5.56 Å². The minimum Gasteiger partial charge on any atom is -0.289 e. The molecule has 0 aliphatic carbocycles. The van der Waals surface area contributed by atoms with Gasteiger partial charge < -0.3 is 0 Å². The molecule has 0 saturated carbocycles. The molecule has 1 rings (SSSR count). The second-order valence-electron chi connectivity index (χ2n) is 2.36. The van der Waals surface area contributed by atoms with Crippen molar-refractivity contribution in [3.63, 3.8) is 0 Å². The predicted octanol–water partition coefficient (Wildman–Crippen LogP) is 1.28. The van der Waals surface area contributed by atoms with Crippen molar-refractivity contribution in [2.45, 2.75) is 6.54 Å². The summed E-state index contributed by atoms with van der Waals surface area (Å²) in [5.74, 6) is 4.83. The molecule has 0 aliphatic rings. The van der Waals surface area contributed by atoms with Crippen LogP contribution in [-0.2, 0) is 11.4 Å². The van der Waals surface area contributed by atoms with Crippen LogP contribution in [0.25, 0.3) is 0 Å². The fourth-order valence-electron chi connectivity index (χ4n) is 0.857. The van der Waals surface area contributed by atoms with E-state index in [-0.39, 0.29) is 0 Å². The molecule has 12 heavy (non-hydrogen) atoms. The summed E-state index contributed by atoms with van der Waals surface area (Å²) in [7, 11) is 0. The lowest BCUT2D eigenvalue weighted by Crippen LogP contribution is -2.19. The van der Waals surface area contributed by atoms with Crippen LogP contribution in [0.2, 0.25) is 5.02 Å². The van der Waals surface area contributed by atoms with Crippen LogP contribution < -0.4 is 11.2 Å². The van der Waals surface area contributed by atoms with Crippen LogP contribution >= 0.6 is 11.6 Å². The molecule has 0 aliphatic heterocycles. The number of nitrogens with two attached hydrogens (primary N) is 1. The van der Waals surface area contributed by atoms with Gasteiger partial charge in [0, 0.05) is 11.6 Å². The Kier molecular flexibility index (Phi) is 4.04. The Balaban J connectivity index is 2.37. The minimum absolute atomic E-state index is 0.350. The lowest BCUT2D eigenvalue weighted by Gasteiger charge is -2.02. The topological polar surface area (TPSA) is 47.3 Å². The van der Waals surface area contributed by atoms with Gasteiger partial charge in [-0.05, 0) is 17.7 Å². The van der Waals surface area contributed by atoms with Gasteiger partial charge in [-0.1, -0.05) is 23.7 Å². The van der Waals surface area contributed by atoms with Gasteiger partial charge >= 0.3 is 0 Å². The van der Waals surface area contributed by atoms with Gasteiger partial charge in [0.15, 0.2) is 0 Å². The van der Waals surface area contributed by atoms with Gasteiger partial charge in [0.1, 0.15) is 6.73 Å². The maximum Gasteiger partial charge on any atom is 0.118 e. The molecule has 3 N–H and O–H groups in total. The third-order valence-electron chi connectivity index (χ3n) is 1.43. The van der Waals surface area contributed by atoms with Crippen molar-refractivity contribution in [3.8, 4) is 0 Å². The van der Waals surface area contributed by atoms with Gasteiger partial charge in [-0.15, -0.1) is 0 Å². The molecule has 0 aromatic heterocycles. The molecular weight excluding hydrogens is 176 g/mol. The number of nitrogens with one attached hydrogen (secondary N) is 1. The summed E-state index contributed by atoms with van der Waals surface area (Å²) in [6.45, 7) is 1.08. The molecule has 0 radical (unpaired) electrons. The van der Waals surface area contributed by atoms with Crippen LogP contribution in [0.4, 0.5) is 0 Å². The highest BCUT2D eigenvalue weighted by Gasteiger charge is 1.91. The first-order chi connectivity index (χ1) is 5.83. The van der Waals surface area contributed by atoms with E-state index in [1.807, 2.05) is 24.3 Å². The Hall–Kier alpha value is -0.610. The van der Waals surface area contributed by atoms with E-state index in [2.05, 4.69) is 10.2 Å². The van der Waals surface area contributed by atoms with Crippen molar-refractivity contribution in [2.24, 2.45) is 5.90 Å². The molecule has 1 aromatic carbocycles. The lowest BCUT2D eigenvalue weighted by atomic mass is 10.2. The fourth-order valence-corrected chi connectivity index (χ4v) is 0.983. The van der Waals surface area contributed by atoms with Crippen molar-refractivity contribution >= 4 is 11.6 Å². The quantitative estimate of drug-likeness (QED) is 0.423. The summed E-state index contributed by atoms with van der Waals surface area (Å²) >= 11 is 5.71. The van der Waals surface area contributed by atoms with E-state index in [0.717, 1.165) is 17.1 Å². The largest absolute Gasteiger partial charge is 0.289 e. The number of benzene rings is 1. The minimum atomic E-state index is 0.350. The molecule has 0 heterocycles. The van der Waals surface area contributed by atoms with E-state index in [1.165, 1.54) is 0 Å². The van der Waals surface area contributed by atoms with Crippen molar-refractivity contribution in [1.82, 2.24) is 5.32 Å². The Morgan fingerprint density at radius 1 is 1.33 bits per heavy atom. The highest BCUT2D eigenvalue weighted by molar-refractivity contribution is 6.30. The number of hydrogen-bond acceptors (Lipinski definition) is 3. The van der Waals surface area contributed by atoms with Gasteiger partial charge in [0.05, 0.1) is 0 Å². The first-order valence-electron chi connectivity index (χ1n) is 3.60. The van der Waals surface area contributed by atoms with Crippen molar-refractivity contribution in [1.29, 1.82) is 0 Å². The third kappa shape index (κ3) is 3.19. The van der Waals surface area contributed by atoms with E-state index in [4.69, 9.17) is 17.5 Å². The Bertz CT molecular complexity index is 225. The number of rotatable bonds is 4. The van der Waals surface area contributed by atoms with Gasteiger partial charge in [0.25, 0.3) is 0 Å². The summed E-state index contributed by atoms with van der Waals surface area (Å²) < 4.78 is 0. The van der Waals surface area contributed by atoms with Crippen LogP contribution in [0.15, 0.2) is 24.3 Å². The normalized spacial score (nSPS) is 10.2. The molecule has 0 atom stereocenters.